The number of fused-ring (bicyclic) bond motifs is 1. The number of hydrogen-bond donors (Lipinski definition) is 0. The molecule has 0 saturated heterocycles. The molecule has 1 unspecified atom stereocenters. The lowest BCUT2D eigenvalue weighted by Gasteiger charge is -2.26. The number of carbonyl (C=O) groups is 1. The van der Waals surface area contributed by atoms with E-state index in [0.717, 1.165) is 28.5 Å². The first-order valence-corrected chi connectivity index (χ1v) is 10.4. The minimum absolute atomic E-state index is 0.352. The van der Waals surface area contributed by atoms with Crippen LogP contribution in [0.5, 0.6) is 5.88 Å². The number of nitriles is 1. The van der Waals surface area contributed by atoms with Gasteiger partial charge in [0.1, 0.15) is 5.60 Å². The Kier molecular flexibility index (Phi) is 7.30. The SMILES string of the molecule is CCc1cc2ccc(C(C)(C#N)CCCN(C)C(=O)OC(C)(C)C)cc2nc1OC. The van der Waals surface area contributed by atoms with Crippen molar-refractivity contribution in [2.45, 2.75) is 64.9 Å². The number of nitrogens with zero attached hydrogens (tertiary/aromatic N) is 3. The van der Waals surface area contributed by atoms with Gasteiger partial charge in [0.25, 0.3) is 0 Å². The molecule has 0 aliphatic rings. The average Bonchev–Trinajstić information content (AvgIpc) is 2.70. The first-order valence-electron chi connectivity index (χ1n) is 10.4. The topological polar surface area (TPSA) is 75.5 Å². The maximum Gasteiger partial charge on any atom is 0.410 e. The van der Waals surface area contributed by atoms with E-state index in [2.05, 4.69) is 24.0 Å². The summed E-state index contributed by atoms with van der Waals surface area (Å²) in [5, 5.41) is 10.9. The van der Waals surface area contributed by atoms with Gasteiger partial charge in [-0.1, -0.05) is 19.1 Å². The highest BCUT2D eigenvalue weighted by molar-refractivity contribution is 5.81. The van der Waals surface area contributed by atoms with Gasteiger partial charge in [-0.15, -0.1) is 0 Å². The van der Waals surface area contributed by atoms with Crippen molar-refractivity contribution < 1.29 is 14.3 Å². The Bertz CT molecular complexity index is 943. The normalized spacial score (nSPS) is 13.4. The molecule has 0 saturated carbocycles. The molecule has 30 heavy (non-hydrogen) atoms. The van der Waals surface area contributed by atoms with Crippen molar-refractivity contribution in [3.05, 3.63) is 35.4 Å². The van der Waals surface area contributed by atoms with Crippen molar-refractivity contribution in [2.24, 2.45) is 0 Å². The van der Waals surface area contributed by atoms with E-state index >= 15 is 0 Å². The van der Waals surface area contributed by atoms with E-state index in [9.17, 15) is 10.1 Å². The number of pyridine rings is 1. The number of amides is 1. The Labute approximate surface area is 179 Å². The Hall–Kier alpha value is -2.81. The van der Waals surface area contributed by atoms with Crippen molar-refractivity contribution in [3.8, 4) is 11.9 Å². The number of hydrogen-bond acceptors (Lipinski definition) is 5. The van der Waals surface area contributed by atoms with Gasteiger partial charge >= 0.3 is 6.09 Å². The zero-order valence-electron chi connectivity index (χ0n) is 19.2. The summed E-state index contributed by atoms with van der Waals surface area (Å²) in [5.74, 6) is 0.625. The maximum absolute atomic E-state index is 12.1. The number of aryl methyl sites for hydroxylation is 1. The quantitative estimate of drug-likeness (QED) is 0.623. The largest absolute Gasteiger partial charge is 0.481 e. The van der Waals surface area contributed by atoms with E-state index in [1.807, 2.05) is 45.9 Å². The van der Waals surface area contributed by atoms with Gasteiger partial charge in [-0.25, -0.2) is 9.78 Å². The molecule has 0 radical (unpaired) electrons. The van der Waals surface area contributed by atoms with Crippen LogP contribution in [0.2, 0.25) is 0 Å². The van der Waals surface area contributed by atoms with Crippen molar-refractivity contribution in [2.75, 3.05) is 20.7 Å². The molecule has 0 N–H and O–H groups in total. The van der Waals surface area contributed by atoms with Crippen LogP contribution in [0.4, 0.5) is 4.79 Å². The fourth-order valence-electron chi connectivity index (χ4n) is 3.33. The molecule has 6 nitrogen and oxygen atoms in total. The molecule has 0 aliphatic carbocycles. The van der Waals surface area contributed by atoms with Crippen molar-refractivity contribution in [3.63, 3.8) is 0 Å². The van der Waals surface area contributed by atoms with Crippen LogP contribution in [-0.4, -0.2) is 42.3 Å². The molecule has 1 atom stereocenters. The summed E-state index contributed by atoms with van der Waals surface area (Å²) < 4.78 is 10.8. The molecule has 6 heteroatoms. The van der Waals surface area contributed by atoms with E-state index in [-0.39, 0.29) is 6.09 Å². The van der Waals surface area contributed by atoms with Gasteiger partial charge in [0.2, 0.25) is 5.88 Å². The second-order valence-corrected chi connectivity index (χ2v) is 8.87. The molecule has 1 aromatic heterocycles. The van der Waals surface area contributed by atoms with Crippen molar-refractivity contribution in [1.82, 2.24) is 9.88 Å². The van der Waals surface area contributed by atoms with E-state index in [4.69, 9.17) is 9.47 Å². The lowest BCUT2D eigenvalue weighted by atomic mass is 9.79. The van der Waals surface area contributed by atoms with E-state index in [0.29, 0.717) is 25.3 Å². The van der Waals surface area contributed by atoms with E-state index in [1.165, 1.54) is 0 Å². The molecule has 1 heterocycles. The first-order chi connectivity index (χ1) is 14.0. The Morgan fingerprint density at radius 3 is 2.50 bits per heavy atom. The number of ether oxygens (including phenoxy) is 2. The monoisotopic (exact) mass is 411 g/mol. The predicted molar refractivity (Wildman–Crippen MR) is 119 cm³/mol. The Balaban J connectivity index is 2.16. The zero-order chi connectivity index (χ0) is 22.5. The summed E-state index contributed by atoms with van der Waals surface area (Å²) in [6.45, 7) is 10.1. The molecule has 1 aromatic carbocycles. The molecule has 1 amide bonds. The molecule has 2 aromatic rings. The highest BCUT2D eigenvalue weighted by atomic mass is 16.6. The van der Waals surface area contributed by atoms with Crippen LogP contribution in [-0.2, 0) is 16.6 Å². The Morgan fingerprint density at radius 2 is 1.93 bits per heavy atom. The van der Waals surface area contributed by atoms with E-state index < -0.39 is 11.0 Å². The molecule has 0 bridgehead atoms. The fraction of sp³-hybridized carbons (Fsp3) is 0.542. The van der Waals surface area contributed by atoms with Gasteiger partial charge in [-0.05, 0) is 64.7 Å². The molecule has 0 spiro atoms. The predicted octanol–water partition coefficient (Wildman–Crippen LogP) is 5.23. The van der Waals surface area contributed by atoms with Crippen molar-refractivity contribution >= 4 is 17.0 Å². The molecular weight excluding hydrogens is 378 g/mol. The van der Waals surface area contributed by atoms with Crippen LogP contribution in [0.25, 0.3) is 10.9 Å². The van der Waals surface area contributed by atoms with Crippen LogP contribution < -0.4 is 4.74 Å². The summed E-state index contributed by atoms with van der Waals surface area (Å²) >= 11 is 0. The summed E-state index contributed by atoms with van der Waals surface area (Å²) in [7, 11) is 3.34. The highest BCUT2D eigenvalue weighted by Gasteiger charge is 2.27. The number of carbonyl (C=O) groups excluding carboxylic acids is 1. The van der Waals surface area contributed by atoms with Crippen LogP contribution in [0.3, 0.4) is 0 Å². The third kappa shape index (κ3) is 5.63. The zero-order valence-corrected chi connectivity index (χ0v) is 19.2. The van der Waals surface area contributed by atoms with Crippen molar-refractivity contribution in [1.29, 1.82) is 5.26 Å². The highest BCUT2D eigenvalue weighted by Crippen LogP contribution is 2.32. The van der Waals surface area contributed by atoms with Gasteiger partial charge < -0.3 is 14.4 Å². The number of rotatable bonds is 7. The number of methoxy groups -OCH3 is 1. The Morgan fingerprint density at radius 1 is 1.23 bits per heavy atom. The molecule has 2 rings (SSSR count). The van der Waals surface area contributed by atoms with Gasteiger partial charge in [-0.3, -0.25) is 0 Å². The van der Waals surface area contributed by atoms with Crippen LogP contribution >= 0.6 is 0 Å². The molecule has 162 valence electrons. The molecule has 0 fully saturated rings. The fourth-order valence-corrected chi connectivity index (χ4v) is 3.33. The lowest BCUT2D eigenvalue weighted by Crippen LogP contribution is -2.35. The maximum atomic E-state index is 12.1. The van der Waals surface area contributed by atoms with Crippen LogP contribution in [0.1, 0.15) is 58.6 Å². The number of benzene rings is 1. The molecule has 0 aliphatic heterocycles. The third-order valence-electron chi connectivity index (χ3n) is 5.19. The standard InChI is InChI=1S/C24H33N3O3/c1-8-17-14-18-10-11-19(15-20(18)26-21(17)29-7)24(5,16-25)12-9-13-27(6)22(28)30-23(2,3)4/h10-11,14-15H,8-9,12-13H2,1-7H3. The van der Waals surface area contributed by atoms with Crippen LogP contribution in [0.15, 0.2) is 24.3 Å². The third-order valence-corrected chi connectivity index (χ3v) is 5.19. The minimum atomic E-state index is -0.679. The number of aromatic nitrogens is 1. The van der Waals surface area contributed by atoms with Gasteiger partial charge in [0, 0.05) is 24.5 Å². The second kappa shape index (κ2) is 9.34. The second-order valence-electron chi connectivity index (χ2n) is 8.87. The summed E-state index contributed by atoms with van der Waals surface area (Å²) in [4.78, 5) is 18.3. The first kappa shape index (κ1) is 23.5. The average molecular weight is 412 g/mol. The molecular formula is C24H33N3O3. The summed E-state index contributed by atoms with van der Waals surface area (Å²) in [5.41, 5.74) is 1.58. The van der Waals surface area contributed by atoms with Gasteiger partial charge in [0.15, 0.2) is 0 Å². The van der Waals surface area contributed by atoms with Crippen LogP contribution in [0, 0.1) is 11.3 Å². The summed E-state index contributed by atoms with van der Waals surface area (Å²) in [6, 6.07) is 10.5. The van der Waals surface area contributed by atoms with E-state index in [1.54, 1.807) is 19.1 Å². The lowest BCUT2D eigenvalue weighted by molar-refractivity contribution is 0.0294. The van der Waals surface area contributed by atoms with Gasteiger partial charge in [0.05, 0.1) is 24.1 Å². The minimum Gasteiger partial charge on any atom is -0.481 e. The summed E-state index contributed by atoms with van der Waals surface area (Å²) in [6.07, 6.45) is 1.79. The smallest absolute Gasteiger partial charge is 0.410 e. The van der Waals surface area contributed by atoms with Gasteiger partial charge in [-0.2, -0.15) is 5.26 Å².